The summed E-state index contributed by atoms with van der Waals surface area (Å²) in [5, 5.41) is 53.5. The standard InChI is InChI=1S/C33H48ClNO7/c1-22(2)12-5-8-17-27(36)21-29(37)32(40)31(39)24(4)28(34)18-9-6-13-23(3)14-7-10-19-30(38)35-26-16-11-15-25(20-26)33(41)42/h5-10,12-14,17-19,22,24-27,29,31-32,36-37,39-40H,11,15-16,20-21H2,1-4H3,(H,35,38)(H,41,42)/b9-6+,12-5+,14-7+,17-8+,19-10+,23-13+,28-18-/t24-,25+,26+,27+,29-,31-,32-/m1/s1. The molecule has 0 radical (unpaired) electrons. The van der Waals surface area contributed by atoms with Crippen molar-refractivity contribution in [2.45, 2.75) is 90.3 Å². The second-order valence-electron chi connectivity index (χ2n) is 11.1. The summed E-state index contributed by atoms with van der Waals surface area (Å²) in [6, 6.07) is -0.123. The summed E-state index contributed by atoms with van der Waals surface area (Å²) in [4.78, 5) is 23.3. The lowest BCUT2D eigenvalue weighted by Gasteiger charge is -2.27. The molecule has 9 heteroatoms. The number of aliphatic hydroxyl groups is 4. The van der Waals surface area contributed by atoms with Crippen LogP contribution in [0.4, 0.5) is 0 Å². The van der Waals surface area contributed by atoms with Gasteiger partial charge in [-0.25, -0.2) is 0 Å². The van der Waals surface area contributed by atoms with Crippen LogP contribution in [0.5, 0.6) is 0 Å². The fraction of sp³-hybridized carbons (Fsp3) is 0.515. The lowest BCUT2D eigenvalue weighted by molar-refractivity contribution is -0.143. The Bertz CT molecular complexity index is 1060. The van der Waals surface area contributed by atoms with E-state index in [0.717, 1.165) is 18.4 Å². The van der Waals surface area contributed by atoms with Crippen LogP contribution in [0.3, 0.4) is 0 Å². The van der Waals surface area contributed by atoms with E-state index >= 15 is 0 Å². The van der Waals surface area contributed by atoms with Crippen molar-refractivity contribution < 1.29 is 35.1 Å². The molecule has 8 nitrogen and oxygen atoms in total. The zero-order valence-corrected chi connectivity index (χ0v) is 25.8. The van der Waals surface area contributed by atoms with E-state index in [1.165, 1.54) is 12.2 Å². The SMILES string of the molecule is CC(/C=C/C=C/C(=O)N[C@H]1CCC[C@H](C(=O)O)C1)=C\C=C\C=C(/Cl)[C@@H](C)[C@@H](O)[C@H](O)[C@H](O)C[C@@H](O)/C=C/C=C/C(C)C. The van der Waals surface area contributed by atoms with E-state index in [9.17, 15) is 35.1 Å². The predicted octanol–water partition coefficient (Wildman–Crippen LogP) is 4.72. The number of aliphatic carboxylic acids is 1. The van der Waals surface area contributed by atoms with Gasteiger partial charge in [0, 0.05) is 29.5 Å². The number of hydrogen-bond acceptors (Lipinski definition) is 6. The molecule has 0 saturated heterocycles. The van der Waals surface area contributed by atoms with E-state index in [4.69, 9.17) is 11.6 Å². The first-order chi connectivity index (χ1) is 19.8. The Balaban J connectivity index is 2.53. The molecule has 234 valence electrons. The summed E-state index contributed by atoms with van der Waals surface area (Å²) < 4.78 is 0. The third kappa shape index (κ3) is 15.5. The summed E-state index contributed by atoms with van der Waals surface area (Å²) in [5.41, 5.74) is 0.899. The molecular formula is C33H48ClNO7. The Morgan fingerprint density at radius 2 is 1.52 bits per heavy atom. The minimum atomic E-state index is -1.49. The van der Waals surface area contributed by atoms with Crippen molar-refractivity contribution in [3.63, 3.8) is 0 Å². The van der Waals surface area contributed by atoms with E-state index in [0.29, 0.717) is 18.8 Å². The molecule has 1 amide bonds. The quantitative estimate of drug-likeness (QED) is 0.110. The average molecular weight is 606 g/mol. The summed E-state index contributed by atoms with van der Waals surface area (Å²) in [7, 11) is 0. The molecule has 6 N–H and O–H groups in total. The van der Waals surface area contributed by atoms with Crippen LogP contribution in [-0.4, -0.2) is 67.9 Å². The molecular weight excluding hydrogens is 558 g/mol. The molecule has 42 heavy (non-hydrogen) atoms. The third-order valence-corrected chi connectivity index (χ3v) is 7.40. The zero-order chi connectivity index (χ0) is 31.7. The second kappa shape index (κ2) is 20.2. The van der Waals surface area contributed by atoms with Gasteiger partial charge in [0.15, 0.2) is 0 Å². The van der Waals surface area contributed by atoms with E-state index < -0.39 is 42.2 Å². The van der Waals surface area contributed by atoms with Crippen molar-refractivity contribution >= 4 is 23.5 Å². The maximum atomic E-state index is 12.1. The molecule has 1 aliphatic rings. The number of allylic oxidation sites excluding steroid dienone is 11. The van der Waals surface area contributed by atoms with Crippen molar-refractivity contribution in [2.24, 2.45) is 17.8 Å². The number of hydrogen-bond donors (Lipinski definition) is 6. The van der Waals surface area contributed by atoms with Crippen molar-refractivity contribution in [3.8, 4) is 0 Å². The van der Waals surface area contributed by atoms with Gasteiger partial charge in [0.25, 0.3) is 0 Å². The Morgan fingerprint density at radius 1 is 0.881 bits per heavy atom. The first-order valence-electron chi connectivity index (χ1n) is 14.5. The van der Waals surface area contributed by atoms with E-state index in [1.807, 2.05) is 39.0 Å². The molecule has 1 aliphatic carbocycles. The van der Waals surface area contributed by atoms with Crippen molar-refractivity contribution in [1.82, 2.24) is 5.32 Å². The van der Waals surface area contributed by atoms with Crippen LogP contribution in [0, 0.1) is 17.8 Å². The molecule has 1 rings (SSSR count). The summed E-state index contributed by atoms with van der Waals surface area (Å²) in [6.07, 6.45) is 17.7. The van der Waals surface area contributed by atoms with Gasteiger partial charge in [-0.3, -0.25) is 9.59 Å². The fourth-order valence-corrected chi connectivity index (χ4v) is 4.54. The van der Waals surface area contributed by atoms with Gasteiger partial charge in [0.2, 0.25) is 5.91 Å². The number of carbonyl (C=O) groups is 2. The normalized spacial score (nSPS) is 22.9. The molecule has 0 aromatic carbocycles. The van der Waals surface area contributed by atoms with Crippen LogP contribution >= 0.6 is 11.6 Å². The molecule has 0 unspecified atom stereocenters. The van der Waals surface area contributed by atoms with Gasteiger partial charge in [-0.1, -0.05) is 105 Å². The lowest BCUT2D eigenvalue weighted by Crippen LogP contribution is -2.42. The number of carboxylic acids is 1. The molecule has 1 fully saturated rings. The van der Waals surface area contributed by atoms with E-state index in [1.54, 1.807) is 49.5 Å². The Labute approximate surface area is 255 Å². The van der Waals surface area contributed by atoms with Gasteiger partial charge in [-0.15, -0.1) is 0 Å². The average Bonchev–Trinajstić information content (AvgIpc) is 2.94. The maximum absolute atomic E-state index is 12.1. The van der Waals surface area contributed by atoms with Crippen LogP contribution in [0.25, 0.3) is 0 Å². The van der Waals surface area contributed by atoms with Crippen LogP contribution in [0.1, 0.15) is 59.8 Å². The smallest absolute Gasteiger partial charge is 0.306 e. The monoisotopic (exact) mass is 605 g/mol. The molecule has 0 aliphatic heterocycles. The van der Waals surface area contributed by atoms with E-state index in [-0.39, 0.29) is 23.4 Å². The molecule has 0 heterocycles. The van der Waals surface area contributed by atoms with Crippen molar-refractivity contribution in [2.75, 3.05) is 0 Å². The maximum Gasteiger partial charge on any atom is 0.306 e. The first-order valence-corrected chi connectivity index (χ1v) is 14.9. The number of amides is 1. The topological polar surface area (TPSA) is 147 Å². The number of carboxylic acid groups (broad SMARTS) is 1. The number of halogens is 1. The molecule has 0 bridgehead atoms. The predicted molar refractivity (Wildman–Crippen MR) is 168 cm³/mol. The van der Waals surface area contributed by atoms with Crippen molar-refractivity contribution in [3.05, 3.63) is 83.5 Å². The van der Waals surface area contributed by atoms with Crippen LogP contribution in [0.15, 0.2) is 83.5 Å². The Hall–Kier alpha value is -2.75. The summed E-state index contributed by atoms with van der Waals surface area (Å²) in [5.74, 6) is -1.75. The minimum Gasteiger partial charge on any atom is -0.481 e. The Kier molecular flexibility index (Phi) is 17.9. The molecule has 1 saturated carbocycles. The largest absolute Gasteiger partial charge is 0.481 e. The number of nitrogens with one attached hydrogen (secondary N) is 1. The van der Waals surface area contributed by atoms with E-state index in [2.05, 4.69) is 5.32 Å². The van der Waals surface area contributed by atoms with Gasteiger partial charge < -0.3 is 30.8 Å². The molecule has 0 spiro atoms. The highest BCUT2D eigenvalue weighted by molar-refractivity contribution is 6.30. The summed E-state index contributed by atoms with van der Waals surface area (Å²) in [6.45, 7) is 7.56. The fourth-order valence-electron chi connectivity index (χ4n) is 4.34. The molecule has 7 atom stereocenters. The molecule has 0 aromatic heterocycles. The molecule has 0 aromatic rings. The van der Waals surface area contributed by atoms with Gasteiger partial charge in [-0.05, 0) is 38.2 Å². The van der Waals surface area contributed by atoms with Gasteiger partial charge in [-0.2, -0.15) is 0 Å². The number of carbonyl (C=O) groups excluding carboxylic acids is 1. The third-order valence-electron chi connectivity index (χ3n) is 6.93. The van der Waals surface area contributed by atoms with Crippen molar-refractivity contribution in [1.29, 1.82) is 0 Å². The van der Waals surface area contributed by atoms with Crippen LogP contribution in [-0.2, 0) is 9.59 Å². The lowest BCUT2D eigenvalue weighted by atomic mass is 9.86. The second-order valence-corrected chi connectivity index (χ2v) is 11.6. The first kappa shape index (κ1) is 37.3. The number of rotatable bonds is 16. The zero-order valence-electron chi connectivity index (χ0n) is 25.0. The highest BCUT2D eigenvalue weighted by atomic mass is 35.5. The van der Waals surface area contributed by atoms with Crippen LogP contribution < -0.4 is 5.32 Å². The highest BCUT2D eigenvalue weighted by Gasteiger charge is 2.31. The van der Waals surface area contributed by atoms with Gasteiger partial charge in [0.1, 0.15) is 6.10 Å². The minimum absolute atomic E-state index is 0.123. The Morgan fingerprint density at radius 3 is 2.19 bits per heavy atom. The number of aliphatic hydroxyl groups excluding tert-OH is 4. The van der Waals surface area contributed by atoms with Crippen LogP contribution in [0.2, 0.25) is 0 Å². The van der Waals surface area contributed by atoms with Gasteiger partial charge >= 0.3 is 5.97 Å². The van der Waals surface area contributed by atoms with Gasteiger partial charge in [0.05, 0.1) is 24.2 Å². The summed E-state index contributed by atoms with van der Waals surface area (Å²) >= 11 is 6.31. The highest BCUT2D eigenvalue weighted by Crippen LogP contribution is 2.25.